The van der Waals surface area contributed by atoms with Gasteiger partial charge in [-0.3, -0.25) is 19.3 Å². The summed E-state index contributed by atoms with van der Waals surface area (Å²) in [4.78, 5) is 39.1. The zero-order chi connectivity index (χ0) is 24.1. The van der Waals surface area contributed by atoms with E-state index in [-0.39, 0.29) is 24.0 Å². The van der Waals surface area contributed by atoms with E-state index in [9.17, 15) is 14.4 Å². The third-order valence-electron chi connectivity index (χ3n) is 4.83. The molecule has 0 saturated carbocycles. The minimum atomic E-state index is -0.442. The molecule has 1 aliphatic rings. The standard InChI is InChI=1S/C25H18Cl2N2O4S/c26-18-10-11-21(33-15-23(30)28-19-7-2-1-3-8-19)17(12-18)13-22-24(31)29(25(32)34-22)14-16-6-4-5-9-20(16)27/h1-13H,14-15H2,(H,28,30)/b22-13-. The fourth-order valence-electron chi connectivity index (χ4n) is 3.20. The van der Waals surface area contributed by atoms with Crippen LogP contribution in [0.3, 0.4) is 0 Å². The number of halogens is 2. The van der Waals surface area contributed by atoms with Crippen molar-refractivity contribution in [2.75, 3.05) is 11.9 Å². The molecule has 0 aliphatic carbocycles. The maximum atomic E-state index is 12.9. The summed E-state index contributed by atoms with van der Waals surface area (Å²) < 4.78 is 5.68. The van der Waals surface area contributed by atoms with E-state index >= 15 is 0 Å². The average molecular weight is 513 g/mol. The van der Waals surface area contributed by atoms with Crippen molar-refractivity contribution >= 4 is 63.8 Å². The quantitative estimate of drug-likeness (QED) is 0.378. The average Bonchev–Trinajstić information content (AvgIpc) is 3.08. The van der Waals surface area contributed by atoms with Crippen LogP contribution in [0.25, 0.3) is 6.08 Å². The highest BCUT2D eigenvalue weighted by Crippen LogP contribution is 2.36. The van der Waals surface area contributed by atoms with E-state index in [0.29, 0.717) is 32.6 Å². The number of hydrogen-bond donors (Lipinski definition) is 1. The number of carbonyl (C=O) groups excluding carboxylic acids is 3. The maximum absolute atomic E-state index is 12.9. The molecule has 0 unspecified atom stereocenters. The Morgan fingerprint density at radius 2 is 1.74 bits per heavy atom. The van der Waals surface area contributed by atoms with Gasteiger partial charge in [0.05, 0.1) is 11.4 Å². The van der Waals surface area contributed by atoms with Crippen LogP contribution in [0.2, 0.25) is 10.0 Å². The van der Waals surface area contributed by atoms with Crippen LogP contribution in [0.5, 0.6) is 5.75 Å². The minimum Gasteiger partial charge on any atom is -0.483 e. The van der Waals surface area contributed by atoms with Gasteiger partial charge >= 0.3 is 0 Å². The molecule has 1 heterocycles. The predicted octanol–water partition coefficient (Wildman–Crippen LogP) is 6.25. The number of nitrogens with one attached hydrogen (secondary N) is 1. The molecule has 1 fully saturated rings. The summed E-state index contributed by atoms with van der Waals surface area (Å²) in [5.41, 5.74) is 1.80. The van der Waals surface area contributed by atoms with Crippen LogP contribution >= 0.6 is 35.0 Å². The zero-order valence-electron chi connectivity index (χ0n) is 17.7. The highest BCUT2D eigenvalue weighted by molar-refractivity contribution is 8.18. The van der Waals surface area contributed by atoms with Crippen molar-refractivity contribution in [3.63, 3.8) is 0 Å². The third kappa shape index (κ3) is 5.80. The Morgan fingerprint density at radius 1 is 1.00 bits per heavy atom. The molecule has 0 aromatic heterocycles. The number of nitrogens with zero attached hydrogens (tertiary/aromatic N) is 1. The van der Waals surface area contributed by atoms with Crippen molar-refractivity contribution < 1.29 is 19.1 Å². The van der Waals surface area contributed by atoms with E-state index in [1.165, 1.54) is 6.08 Å². The third-order valence-corrected chi connectivity index (χ3v) is 6.35. The lowest BCUT2D eigenvalue weighted by atomic mass is 10.1. The highest BCUT2D eigenvalue weighted by atomic mass is 35.5. The van der Waals surface area contributed by atoms with Gasteiger partial charge in [0.2, 0.25) is 0 Å². The van der Waals surface area contributed by atoms with E-state index in [1.54, 1.807) is 54.6 Å². The van der Waals surface area contributed by atoms with Gasteiger partial charge in [-0.1, -0.05) is 59.6 Å². The van der Waals surface area contributed by atoms with Crippen LogP contribution in [0.1, 0.15) is 11.1 Å². The summed E-state index contributed by atoms with van der Waals surface area (Å²) in [5.74, 6) is -0.430. The number of carbonyl (C=O) groups is 3. The predicted molar refractivity (Wildman–Crippen MR) is 135 cm³/mol. The van der Waals surface area contributed by atoms with Crippen molar-refractivity contribution in [3.8, 4) is 5.75 Å². The second kappa shape index (κ2) is 10.8. The smallest absolute Gasteiger partial charge is 0.293 e. The van der Waals surface area contributed by atoms with E-state index in [1.807, 2.05) is 18.2 Å². The molecule has 1 N–H and O–H groups in total. The Bertz CT molecular complexity index is 1280. The number of imide groups is 1. The Kier molecular flexibility index (Phi) is 7.57. The van der Waals surface area contributed by atoms with Gasteiger partial charge in [-0.25, -0.2) is 0 Å². The molecule has 0 atom stereocenters. The molecule has 34 heavy (non-hydrogen) atoms. The summed E-state index contributed by atoms with van der Waals surface area (Å²) in [6.07, 6.45) is 1.54. The largest absolute Gasteiger partial charge is 0.483 e. The molecule has 9 heteroatoms. The van der Waals surface area contributed by atoms with Gasteiger partial charge in [0, 0.05) is 21.3 Å². The number of thioether (sulfide) groups is 1. The number of para-hydroxylation sites is 1. The van der Waals surface area contributed by atoms with Crippen molar-refractivity contribution in [1.82, 2.24) is 4.90 Å². The monoisotopic (exact) mass is 512 g/mol. The van der Waals surface area contributed by atoms with E-state index in [4.69, 9.17) is 27.9 Å². The number of hydrogen-bond acceptors (Lipinski definition) is 5. The van der Waals surface area contributed by atoms with Crippen molar-refractivity contribution in [1.29, 1.82) is 0 Å². The molecule has 6 nitrogen and oxygen atoms in total. The van der Waals surface area contributed by atoms with Gasteiger partial charge < -0.3 is 10.1 Å². The van der Waals surface area contributed by atoms with Gasteiger partial charge in [0.25, 0.3) is 17.1 Å². The van der Waals surface area contributed by atoms with Gasteiger partial charge in [-0.05, 0) is 59.8 Å². The Hall–Kier alpha value is -3.26. The SMILES string of the molecule is O=C(COc1ccc(Cl)cc1/C=C1\SC(=O)N(Cc2ccccc2Cl)C1=O)Nc1ccccc1. The summed E-state index contributed by atoms with van der Waals surface area (Å²) in [6, 6.07) is 20.9. The lowest BCUT2D eigenvalue weighted by Crippen LogP contribution is -2.27. The molecule has 4 rings (SSSR count). The summed E-state index contributed by atoms with van der Waals surface area (Å²) >= 11 is 13.1. The second-order valence-corrected chi connectivity index (χ2v) is 9.08. The lowest BCUT2D eigenvalue weighted by Gasteiger charge is -2.13. The Balaban J connectivity index is 1.49. The van der Waals surface area contributed by atoms with Crippen molar-refractivity contribution in [2.24, 2.45) is 0 Å². The second-order valence-electron chi connectivity index (χ2n) is 7.24. The van der Waals surface area contributed by atoms with Crippen LogP contribution in [0.4, 0.5) is 10.5 Å². The lowest BCUT2D eigenvalue weighted by molar-refractivity contribution is -0.123. The topological polar surface area (TPSA) is 75.7 Å². The number of ether oxygens (including phenoxy) is 1. The van der Waals surface area contributed by atoms with E-state index in [0.717, 1.165) is 16.7 Å². The minimum absolute atomic E-state index is 0.0697. The first-order valence-corrected chi connectivity index (χ1v) is 11.7. The molecule has 3 aromatic carbocycles. The number of rotatable bonds is 7. The molecule has 0 bridgehead atoms. The Labute approximate surface area is 210 Å². The fraction of sp³-hybridized carbons (Fsp3) is 0.0800. The number of amides is 3. The molecule has 0 radical (unpaired) electrons. The molecule has 0 spiro atoms. The van der Waals surface area contributed by atoms with Gasteiger partial charge in [-0.15, -0.1) is 0 Å². The number of anilines is 1. The maximum Gasteiger partial charge on any atom is 0.293 e. The van der Waals surface area contributed by atoms with Crippen LogP contribution < -0.4 is 10.1 Å². The van der Waals surface area contributed by atoms with Gasteiger partial charge in [-0.2, -0.15) is 0 Å². The van der Waals surface area contributed by atoms with E-state index in [2.05, 4.69) is 5.32 Å². The molecule has 172 valence electrons. The first kappa shape index (κ1) is 23.9. The highest BCUT2D eigenvalue weighted by Gasteiger charge is 2.35. The van der Waals surface area contributed by atoms with Crippen LogP contribution in [-0.2, 0) is 16.1 Å². The normalized spacial score (nSPS) is 14.5. The molecular formula is C25H18Cl2N2O4S. The first-order chi connectivity index (χ1) is 16.4. The van der Waals surface area contributed by atoms with Crippen LogP contribution in [0.15, 0.2) is 77.7 Å². The van der Waals surface area contributed by atoms with Crippen molar-refractivity contribution in [3.05, 3.63) is 98.9 Å². The van der Waals surface area contributed by atoms with Gasteiger partial charge in [0.1, 0.15) is 5.75 Å². The van der Waals surface area contributed by atoms with Crippen LogP contribution in [0, 0.1) is 0 Å². The van der Waals surface area contributed by atoms with Crippen LogP contribution in [-0.4, -0.2) is 28.6 Å². The molecule has 1 saturated heterocycles. The number of benzene rings is 3. The molecule has 3 aromatic rings. The summed E-state index contributed by atoms with van der Waals surface area (Å²) in [6.45, 7) is -0.175. The van der Waals surface area contributed by atoms with E-state index < -0.39 is 11.1 Å². The zero-order valence-corrected chi connectivity index (χ0v) is 20.0. The fourth-order valence-corrected chi connectivity index (χ4v) is 4.41. The van der Waals surface area contributed by atoms with Gasteiger partial charge in [0.15, 0.2) is 6.61 Å². The molecular weight excluding hydrogens is 495 g/mol. The molecule has 1 aliphatic heterocycles. The summed E-state index contributed by atoms with van der Waals surface area (Å²) in [5, 5.41) is 3.23. The summed E-state index contributed by atoms with van der Waals surface area (Å²) in [7, 11) is 0. The molecule has 3 amide bonds. The Morgan fingerprint density at radius 3 is 2.50 bits per heavy atom. The van der Waals surface area contributed by atoms with Crippen molar-refractivity contribution in [2.45, 2.75) is 6.54 Å². The first-order valence-electron chi connectivity index (χ1n) is 10.2.